The van der Waals surface area contributed by atoms with E-state index in [2.05, 4.69) is 34.2 Å². The Labute approximate surface area is 145 Å². The summed E-state index contributed by atoms with van der Waals surface area (Å²) >= 11 is 0. The Morgan fingerprint density at radius 1 is 1.33 bits per heavy atom. The van der Waals surface area contributed by atoms with E-state index < -0.39 is 0 Å². The van der Waals surface area contributed by atoms with Crippen LogP contribution in [0, 0.1) is 5.92 Å². The van der Waals surface area contributed by atoms with Crippen LogP contribution in [0.1, 0.15) is 25.7 Å². The van der Waals surface area contributed by atoms with E-state index in [1.165, 1.54) is 7.11 Å². The van der Waals surface area contributed by atoms with Gasteiger partial charge in [-0.15, -0.1) is 0 Å². The lowest BCUT2D eigenvalue weighted by Crippen LogP contribution is -2.58. The number of nitrogens with one attached hydrogen (secondary N) is 1. The van der Waals surface area contributed by atoms with Crippen molar-refractivity contribution in [2.45, 2.75) is 31.2 Å². The number of guanidine groups is 1. The highest BCUT2D eigenvalue weighted by atomic mass is 16.5. The molecule has 0 atom stereocenters. The third-order valence-corrected chi connectivity index (χ3v) is 5.49. The van der Waals surface area contributed by atoms with Crippen LogP contribution in [0.5, 0.6) is 0 Å². The minimum Gasteiger partial charge on any atom is -0.469 e. The maximum absolute atomic E-state index is 11.7. The van der Waals surface area contributed by atoms with Crippen molar-refractivity contribution >= 4 is 11.9 Å². The number of methoxy groups -OCH3 is 1. The van der Waals surface area contributed by atoms with Gasteiger partial charge in [-0.25, -0.2) is 0 Å². The largest absolute Gasteiger partial charge is 0.469 e. The zero-order valence-corrected chi connectivity index (χ0v) is 15.5. The first-order valence-electron chi connectivity index (χ1n) is 8.81. The molecule has 2 fully saturated rings. The molecule has 2 heterocycles. The Hall–Kier alpha value is -1.34. The van der Waals surface area contributed by atoms with Gasteiger partial charge in [0.15, 0.2) is 5.96 Å². The van der Waals surface area contributed by atoms with Gasteiger partial charge in [0.05, 0.1) is 13.0 Å². The zero-order chi connectivity index (χ0) is 17.6. The van der Waals surface area contributed by atoms with Crippen molar-refractivity contribution in [3.8, 4) is 0 Å². The van der Waals surface area contributed by atoms with Crippen molar-refractivity contribution in [1.29, 1.82) is 0 Å². The number of hydrogen-bond acceptors (Lipinski definition) is 5. The second kappa shape index (κ2) is 8.67. The third kappa shape index (κ3) is 4.39. The number of ether oxygens (including phenoxy) is 2. The molecule has 138 valence electrons. The average molecular weight is 340 g/mol. The lowest BCUT2D eigenvalue weighted by atomic mass is 9.88. The van der Waals surface area contributed by atoms with Crippen LogP contribution < -0.4 is 5.32 Å². The van der Waals surface area contributed by atoms with Crippen molar-refractivity contribution in [2.24, 2.45) is 10.9 Å². The molecule has 1 N–H and O–H groups in total. The molecule has 0 amide bonds. The van der Waals surface area contributed by atoms with E-state index in [9.17, 15) is 4.79 Å². The van der Waals surface area contributed by atoms with Gasteiger partial charge in [-0.1, -0.05) is 0 Å². The summed E-state index contributed by atoms with van der Waals surface area (Å²) in [6.07, 6.45) is 3.68. The van der Waals surface area contributed by atoms with Crippen LogP contribution in [0.4, 0.5) is 0 Å². The van der Waals surface area contributed by atoms with Crippen LogP contribution in [0.2, 0.25) is 0 Å². The van der Waals surface area contributed by atoms with Gasteiger partial charge < -0.3 is 24.6 Å². The quantitative estimate of drug-likeness (QED) is 0.458. The van der Waals surface area contributed by atoms with Crippen LogP contribution in [0.25, 0.3) is 0 Å². The fraction of sp³-hybridized carbons (Fsp3) is 0.882. The molecular formula is C17H32N4O3. The molecule has 7 heteroatoms. The topological polar surface area (TPSA) is 66.4 Å². The number of aliphatic imine (C=N–C) groups is 1. The van der Waals surface area contributed by atoms with Gasteiger partial charge in [0, 0.05) is 45.4 Å². The summed E-state index contributed by atoms with van der Waals surface area (Å²) < 4.78 is 10.4. The van der Waals surface area contributed by atoms with Gasteiger partial charge in [0.1, 0.15) is 0 Å². The molecule has 0 spiro atoms. The maximum Gasteiger partial charge on any atom is 0.308 e. The summed E-state index contributed by atoms with van der Waals surface area (Å²) in [5, 5.41) is 3.55. The molecule has 0 bridgehead atoms. The second-order valence-corrected chi connectivity index (χ2v) is 6.92. The first-order valence-corrected chi connectivity index (χ1v) is 8.81. The highest BCUT2D eigenvalue weighted by Gasteiger charge is 2.35. The molecular weight excluding hydrogens is 308 g/mol. The molecule has 0 radical (unpaired) electrons. The normalized spacial score (nSPS) is 22.5. The van der Waals surface area contributed by atoms with Crippen LogP contribution in [-0.4, -0.2) is 88.4 Å². The Balaban J connectivity index is 1.89. The van der Waals surface area contributed by atoms with Gasteiger partial charge in [-0.3, -0.25) is 9.79 Å². The van der Waals surface area contributed by atoms with Crippen molar-refractivity contribution in [3.63, 3.8) is 0 Å². The number of esters is 1. The van der Waals surface area contributed by atoms with Gasteiger partial charge in [0.2, 0.25) is 0 Å². The number of carbonyl (C=O) groups excluding carboxylic acids is 1. The number of piperidine rings is 1. The van der Waals surface area contributed by atoms with Crippen LogP contribution >= 0.6 is 0 Å². The number of likely N-dealkylation sites (tertiary alicyclic amines) is 1. The summed E-state index contributed by atoms with van der Waals surface area (Å²) in [5.41, 5.74) is 0.110. The predicted molar refractivity (Wildman–Crippen MR) is 94.1 cm³/mol. The standard InChI is InChI=1S/C17H32N4O3/c1-18-16(21-9-5-14(6-10-21)15(22)23-4)19-13-17(20(2)3)7-11-24-12-8-17/h14H,5-13H2,1-4H3,(H,18,19). The van der Waals surface area contributed by atoms with Crippen molar-refractivity contribution in [3.05, 3.63) is 0 Å². The van der Waals surface area contributed by atoms with Crippen molar-refractivity contribution in [1.82, 2.24) is 15.1 Å². The van der Waals surface area contributed by atoms with E-state index in [-0.39, 0.29) is 17.4 Å². The van der Waals surface area contributed by atoms with E-state index in [1.54, 1.807) is 0 Å². The highest BCUT2D eigenvalue weighted by molar-refractivity contribution is 5.80. The molecule has 0 aliphatic carbocycles. The highest BCUT2D eigenvalue weighted by Crippen LogP contribution is 2.25. The lowest BCUT2D eigenvalue weighted by Gasteiger charge is -2.44. The average Bonchev–Trinajstić information content (AvgIpc) is 2.62. The minimum absolute atomic E-state index is 0.0213. The summed E-state index contributed by atoms with van der Waals surface area (Å²) in [5.74, 6) is 0.852. The number of rotatable bonds is 4. The first kappa shape index (κ1) is 19.0. The Morgan fingerprint density at radius 2 is 1.96 bits per heavy atom. The van der Waals surface area contributed by atoms with Gasteiger partial charge in [0.25, 0.3) is 0 Å². The summed E-state index contributed by atoms with van der Waals surface area (Å²) in [4.78, 5) is 20.6. The van der Waals surface area contributed by atoms with Gasteiger partial charge >= 0.3 is 5.97 Å². The molecule has 2 rings (SSSR count). The first-order chi connectivity index (χ1) is 11.5. The Morgan fingerprint density at radius 3 is 2.46 bits per heavy atom. The molecule has 2 aliphatic heterocycles. The molecule has 0 aromatic carbocycles. The van der Waals surface area contributed by atoms with Crippen molar-refractivity contribution < 1.29 is 14.3 Å². The Bertz CT molecular complexity index is 439. The molecule has 0 unspecified atom stereocenters. The number of hydrogen-bond donors (Lipinski definition) is 1. The lowest BCUT2D eigenvalue weighted by molar-refractivity contribution is -0.146. The monoisotopic (exact) mass is 340 g/mol. The van der Waals surface area contributed by atoms with Gasteiger partial charge in [-0.2, -0.15) is 0 Å². The second-order valence-electron chi connectivity index (χ2n) is 6.92. The fourth-order valence-corrected chi connectivity index (χ4v) is 3.60. The summed E-state index contributed by atoms with van der Waals surface area (Å²) in [6.45, 7) is 4.13. The number of likely N-dealkylation sites (N-methyl/N-ethyl adjacent to an activating group) is 1. The van der Waals surface area contributed by atoms with Crippen LogP contribution in [-0.2, 0) is 14.3 Å². The van der Waals surface area contributed by atoms with E-state index in [1.807, 2.05) is 7.05 Å². The number of nitrogens with zero attached hydrogens (tertiary/aromatic N) is 3. The molecule has 2 aliphatic rings. The van der Waals surface area contributed by atoms with E-state index in [4.69, 9.17) is 9.47 Å². The van der Waals surface area contributed by atoms with E-state index in [0.29, 0.717) is 0 Å². The van der Waals surface area contributed by atoms with Crippen LogP contribution in [0.3, 0.4) is 0 Å². The van der Waals surface area contributed by atoms with Crippen molar-refractivity contribution in [2.75, 3.05) is 61.1 Å². The Kier molecular flexibility index (Phi) is 6.86. The van der Waals surface area contributed by atoms with Crippen LogP contribution in [0.15, 0.2) is 4.99 Å². The third-order valence-electron chi connectivity index (χ3n) is 5.49. The molecule has 0 saturated carbocycles. The maximum atomic E-state index is 11.7. The molecule has 7 nitrogen and oxygen atoms in total. The molecule has 0 aromatic heterocycles. The van der Waals surface area contributed by atoms with E-state index in [0.717, 1.165) is 64.5 Å². The summed E-state index contributed by atoms with van der Waals surface area (Å²) in [6, 6.07) is 0. The molecule has 24 heavy (non-hydrogen) atoms. The van der Waals surface area contributed by atoms with Gasteiger partial charge in [-0.05, 0) is 39.8 Å². The fourth-order valence-electron chi connectivity index (χ4n) is 3.60. The summed E-state index contributed by atoms with van der Waals surface area (Å²) in [7, 11) is 7.56. The van der Waals surface area contributed by atoms with E-state index >= 15 is 0 Å². The predicted octanol–water partition coefficient (Wildman–Crippen LogP) is 0.558. The number of carbonyl (C=O) groups is 1. The molecule has 0 aromatic rings. The zero-order valence-electron chi connectivity index (χ0n) is 15.5. The SMILES string of the molecule is CN=C(NCC1(N(C)C)CCOCC1)N1CCC(C(=O)OC)CC1. The minimum atomic E-state index is -0.0913. The molecule has 2 saturated heterocycles. The smallest absolute Gasteiger partial charge is 0.308 e.